The first-order chi connectivity index (χ1) is 9.11. The van der Waals surface area contributed by atoms with Crippen molar-refractivity contribution in [1.29, 1.82) is 5.26 Å². The molecule has 0 saturated carbocycles. The minimum atomic E-state index is -0.625. The van der Waals surface area contributed by atoms with Gasteiger partial charge in [-0.15, -0.1) is 0 Å². The lowest BCUT2D eigenvalue weighted by atomic mass is 9.94. The first kappa shape index (κ1) is 14.0. The van der Waals surface area contributed by atoms with Gasteiger partial charge in [-0.1, -0.05) is 12.1 Å². The molecular weight excluding hydrogens is 240 g/mol. The molecule has 1 saturated heterocycles. The molecule has 0 spiro atoms. The van der Waals surface area contributed by atoms with Crippen LogP contribution in [0.4, 0.5) is 0 Å². The van der Waals surface area contributed by atoms with Crippen molar-refractivity contribution in [2.45, 2.75) is 25.0 Å². The molecule has 102 valence electrons. The molecule has 19 heavy (non-hydrogen) atoms. The van der Waals surface area contributed by atoms with Crippen molar-refractivity contribution in [3.63, 3.8) is 0 Å². The molecule has 1 aliphatic rings. The van der Waals surface area contributed by atoms with Crippen LogP contribution in [0.25, 0.3) is 0 Å². The third-order valence-corrected chi connectivity index (χ3v) is 3.52. The minimum absolute atomic E-state index is 0.625. The van der Waals surface area contributed by atoms with Crippen LogP contribution in [-0.4, -0.2) is 42.4 Å². The van der Waals surface area contributed by atoms with E-state index in [4.69, 9.17) is 10.00 Å². The molecule has 1 aromatic carbocycles. The highest BCUT2D eigenvalue weighted by atomic mass is 16.5. The third kappa shape index (κ3) is 4.03. The quantitative estimate of drug-likeness (QED) is 0.892. The van der Waals surface area contributed by atoms with Crippen LogP contribution in [-0.2, 0) is 11.3 Å². The lowest BCUT2D eigenvalue weighted by molar-refractivity contribution is -0.0777. The molecule has 1 N–H and O–H groups in total. The van der Waals surface area contributed by atoms with E-state index >= 15 is 0 Å². The highest BCUT2D eigenvalue weighted by Crippen LogP contribution is 2.21. The Balaban J connectivity index is 1.89. The number of benzene rings is 1. The van der Waals surface area contributed by atoms with Gasteiger partial charge in [-0.05, 0) is 24.7 Å². The lowest BCUT2D eigenvalue weighted by Gasteiger charge is -2.35. The summed E-state index contributed by atoms with van der Waals surface area (Å²) in [6, 6.07) is 9.69. The van der Waals surface area contributed by atoms with Crippen LogP contribution >= 0.6 is 0 Å². The van der Waals surface area contributed by atoms with Crippen molar-refractivity contribution in [3.05, 3.63) is 35.4 Å². The fourth-order valence-corrected chi connectivity index (χ4v) is 2.46. The number of ether oxygens (including phenoxy) is 1. The van der Waals surface area contributed by atoms with Crippen LogP contribution in [0.3, 0.4) is 0 Å². The molecule has 0 aliphatic carbocycles. The van der Waals surface area contributed by atoms with Gasteiger partial charge in [-0.2, -0.15) is 5.26 Å². The van der Waals surface area contributed by atoms with E-state index in [1.54, 1.807) is 0 Å². The summed E-state index contributed by atoms with van der Waals surface area (Å²) in [6.07, 6.45) is 1.40. The highest BCUT2D eigenvalue weighted by molar-refractivity contribution is 5.31. The Labute approximate surface area is 114 Å². The summed E-state index contributed by atoms with van der Waals surface area (Å²) in [5.41, 5.74) is 1.20. The van der Waals surface area contributed by atoms with Crippen LogP contribution in [0.15, 0.2) is 24.3 Å². The summed E-state index contributed by atoms with van der Waals surface area (Å²) >= 11 is 0. The van der Waals surface area contributed by atoms with Gasteiger partial charge in [-0.3, -0.25) is 4.90 Å². The second-order valence-electron chi connectivity index (χ2n) is 5.32. The fourth-order valence-electron chi connectivity index (χ4n) is 2.46. The molecule has 0 atom stereocenters. The standard InChI is InChI=1S/C15H20N2O2/c1-17(12-15(18)6-8-19-9-7-15)11-14-4-2-13(10-16)3-5-14/h2-5,18H,6-9,11-12H2,1H3. The summed E-state index contributed by atoms with van der Waals surface area (Å²) in [7, 11) is 2.01. The Morgan fingerprint density at radius 3 is 2.53 bits per heavy atom. The average Bonchev–Trinajstić information content (AvgIpc) is 2.39. The maximum absolute atomic E-state index is 10.4. The van der Waals surface area contributed by atoms with Crippen molar-refractivity contribution in [2.24, 2.45) is 0 Å². The van der Waals surface area contributed by atoms with Crippen LogP contribution in [0.2, 0.25) is 0 Å². The Kier molecular flexibility index (Phi) is 4.54. The Bertz CT molecular complexity index is 444. The molecule has 0 unspecified atom stereocenters. The molecule has 1 fully saturated rings. The topological polar surface area (TPSA) is 56.5 Å². The van der Waals surface area contributed by atoms with Gasteiger partial charge >= 0.3 is 0 Å². The molecule has 0 amide bonds. The van der Waals surface area contributed by atoms with Gasteiger partial charge in [0.15, 0.2) is 0 Å². The second-order valence-corrected chi connectivity index (χ2v) is 5.32. The normalized spacial score (nSPS) is 18.2. The molecule has 1 aromatic rings. The van der Waals surface area contributed by atoms with E-state index < -0.39 is 5.60 Å². The van der Waals surface area contributed by atoms with Gasteiger partial charge < -0.3 is 9.84 Å². The van der Waals surface area contributed by atoms with Gasteiger partial charge in [0.2, 0.25) is 0 Å². The van der Waals surface area contributed by atoms with Crippen LogP contribution in [0, 0.1) is 11.3 Å². The number of nitriles is 1. The SMILES string of the molecule is CN(Cc1ccc(C#N)cc1)CC1(O)CCOCC1. The van der Waals surface area contributed by atoms with E-state index in [0.717, 1.165) is 12.1 Å². The molecule has 1 aliphatic heterocycles. The Morgan fingerprint density at radius 2 is 1.95 bits per heavy atom. The van der Waals surface area contributed by atoms with E-state index in [2.05, 4.69) is 11.0 Å². The van der Waals surface area contributed by atoms with Crippen molar-refractivity contribution >= 4 is 0 Å². The number of likely N-dealkylation sites (N-methyl/N-ethyl adjacent to an activating group) is 1. The first-order valence-electron chi connectivity index (χ1n) is 6.59. The van der Waals surface area contributed by atoms with Gasteiger partial charge in [0.1, 0.15) is 0 Å². The molecule has 0 aromatic heterocycles. The zero-order chi connectivity index (χ0) is 13.7. The fraction of sp³-hybridized carbons (Fsp3) is 0.533. The smallest absolute Gasteiger partial charge is 0.0991 e. The van der Waals surface area contributed by atoms with E-state index in [-0.39, 0.29) is 0 Å². The maximum Gasteiger partial charge on any atom is 0.0991 e. The summed E-state index contributed by atoms with van der Waals surface area (Å²) in [5, 5.41) is 19.2. The van der Waals surface area contributed by atoms with E-state index in [9.17, 15) is 5.11 Å². The molecule has 4 nitrogen and oxygen atoms in total. The minimum Gasteiger partial charge on any atom is -0.388 e. The first-order valence-corrected chi connectivity index (χ1v) is 6.59. The largest absolute Gasteiger partial charge is 0.388 e. The number of aliphatic hydroxyl groups is 1. The van der Waals surface area contributed by atoms with Crippen molar-refractivity contribution in [1.82, 2.24) is 4.90 Å². The Morgan fingerprint density at radius 1 is 1.32 bits per heavy atom. The van der Waals surface area contributed by atoms with Gasteiger partial charge in [0.05, 0.1) is 17.2 Å². The molecule has 0 radical (unpaired) electrons. The van der Waals surface area contributed by atoms with Crippen molar-refractivity contribution in [3.8, 4) is 6.07 Å². The maximum atomic E-state index is 10.4. The predicted molar refractivity (Wildman–Crippen MR) is 72.5 cm³/mol. The molecule has 2 rings (SSSR count). The lowest BCUT2D eigenvalue weighted by Crippen LogP contribution is -2.45. The summed E-state index contributed by atoms with van der Waals surface area (Å²) in [5.74, 6) is 0. The van der Waals surface area contributed by atoms with E-state index in [1.165, 1.54) is 0 Å². The summed E-state index contributed by atoms with van der Waals surface area (Å²) < 4.78 is 5.28. The van der Waals surface area contributed by atoms with E-state index in [1.807, 2.05) is 31.3 Å². The summed E-state index contributed by atoms with van der Waals surface area (Å²) in [4.78, 5) is 2.12. The number of hydrogen-bond donors (Lipinski definition) is 1. The molecule has 1 heterocycles. The van der Waals surface area contributed by atoms with Crippen LogP contribution in [0.1, 0.15) is 24.0 Å². The number of hydrogen-bond acceptors (Lipinski definition) is 4. The molecule has 0 bridgehead atoms. The monoisotopic (exact) mass is 260 g/mol. The highest BCUT2D eigenvalue weighted by Gasteiger charge is 2.30. The zero-order valence-corrected chi connectivity index (χ0v) is 11.3. The van der Waals surface area contributed by atoms with Crippen LogP contribution < -0.4 is 0 Å². The molecular formula is C15H20N2O2. The van der Waals surface area contributed by atoms with Gasteiger partial charge in [0.25, 0.3) is 0 Å². The molecule has 4 heteroatoms. The predicted octanol–water partition coefficient (Wildman–Crippen LogP) is 1.53. The summed E-state index contributed by atoms with van der Waals surface area (Å²) in [6.45, 7) is 2.70. The zero-order valence-electron chi connectivity index (χ0n) is 11.3. The average molecular weight is 260 g/mol. The second kappa shape index (κ2) is 6.16. The third-order valence-electron chi connectivity index (χ3n) is 3.52. The van der Waals surface area contributed by atoms with Gasteiger partial charge in [0, 0.05) is 39.1 Å². The number of rotatable bonds is 4. The van der Waals surface area contributed by atoms with Crippen molar-refractivity contribution in [2.75, 3.05) is 26.8 Å². The Hall–Kier alpha value is -1.41. The van der Waals surface area contributed by atoms with E-state index in [0.29, 0.717) is 38.2 Å². The number of nitrogens with zero attached hydrogens (tertiary/aromatic N) is 2. The van der Waals surface area contributed by atoms with Gasteiger partial charge in [-0.25, -0.2) is 0 Å². The van der Waals surface area contributed by atoms with Crippen LogP contribution in [0.5, 0.6) is 0 Å². The van der Waals surface area contributed by atoms with Crippen molar-refractivity contribution < 1.29 is 9.84 Å².